The molecule has 3 aromatic rings. The molecule has 0 radical (unpaired) electrons. The van der Waals surface area contributed by atoms with Crippen LogP contribution < -0.4 is 5.73 Å². The summed E-state index contributed by atoms with van der Waals surface area (Å²) in [5.41, 5.74) is 11.7. The van der Waals surface area contributed by atoms with Crippen LogP contribution in [0.5, 0.6) is 0 Å². The van der Waals surface area contributed by atoms with Gasteiger partial charge in [0.05, 0.1) is 10.5 Å². The number of aromatic amines is 1. The Kier molecular flexibility index (Phi) is 4.51. The number of hydrogen-bond acceptors (Lipinski definition) is 1. The summed E-state index contributed by atoms with van der Waals surface area (Å²) >= 11 is 6.38. The van der Waals surface area contributed by atoms with Crippen molar-refractivity contribution in [2.75, 3.05) is 6.54 Å². The fourth-order valence-electron chi connectivity index (χ4n) is 3.03. The maximum Gasteiger partial charge on any atom is 0.0651 e. The molecular weight excluding hydrogens is 292 g/mol. The number of H-pyrrole nitrogens is 1. The van der Waals surface area contributed by atoms with Crippen LogP contribution in [0.1, 0.15) is 24.0 Å². The van der Waals surface area contributed by atoms with Gasteiger partial charge in [-0.3, -0.25) is 0 Å². The summed E-state index contributed by atoms with van der Waals surface area (Å²) in [7, 11) is 0. The normalized spacial score (nSPS) is 11.2. The minimum absolute atomic E-state index is 0.739. The zero-order chi connectivity index (χ0) is 15.5. The maximum absolute atomic E-state index is 6.38. The highest BCUT2D eigenvalue weighted by atomic mass is 35.5. The molecule has 0 amide bonds. The Morgan fingerprint density at radius 1 is 1.05 bits per heavy atom. The molecule has 0 saturated heterocycles. The van der Waals surface area contributed by atoms with Crippen molar-refractivity contribution in [3.63, 3.8) is 0 Å². The van der Waals surface area contributed by atoms with Crippen molar-refractivity contribution in [2.24, 2.45) is 5.73 Å². The van der Waals surface area contributed by atoms with Crippen molar-refractivity contribution in [1.29, 1.82) is 0 Å². The van der Waals surface area contributed by atoms with Gasteiger partial charge in [0.15, 0.2) is 0 Å². The Morgan fingerprint density at radius 2 is 1.86 bits per heavy atom. The lowest BCUT2D eigenvalue weighted by Gasteiger charge is -2.08. The predicted molar refractivity (Wildman–Crippen MR) is 95.5 cm³/mol. The SMILES string of the molecule is Cc1ccccc1-c1[nH]c2c(Cl)cccc2c1CCCCN. The molecule has 0 unspecified atom stereocenters. The van der Waals surface area contributed by atoms with Gasteiger partial charge in [0.25, 0.3) is 0 Å². The van der Waals surface area contributed by atoms with Crippen molar-refractivity contribution in [1.82, 2.24) is 4.98 Å². The Balaban J connectivity index is 2.17. The number of para-hydroxylation sites is 1. The number of benzene rings is 2. The predicted octanol–water partition coefficient (Wildman–Crippen LogP) is 5.08. The van der Waals surface area contributed by atoms with E-state index in [1.165, 1.54) is 27.8 Å². The number of unbranched alkanes of at least 4 members (excludes halogenated alkanes) is 1. The van der Waals surface area contributed by atoms with Gasteiger partial charge in [-0.05, 0) is 49.9 Å². The first-order chi connectivity index (χ1) is 10.7. The van der Waals surface area contributed by atoms with Crippen LogP contribution in [0.3, 0.4) is 0 Å². The topological polar surface area (TPSA) is 41.8 Å². The van der Waals surface area contributed by atoms with E-state index in [0.717, 1.165) is 36.3 Å². The Labute approximate surface area is 136 Å². The van der Waals surface area contributed by atoms with E-state index in [9.17, 15) is 0 Å². The number of aryl methyl sites for hydroxylation is 2. The number of aromatic nitrogens is 1. The van der Waals surface area contributed by atoms with E-state index in [0.29, 0.717) is 0 Å². The average molecular weight is 313 g/mol. The van der Waals surface area contributed by atoms with Crippen LogP contribution in [0.2, 0.25) is 5.02 Å². The molecule has 1 heterocycles. The molecular formula is C19H21ClN2. The largest absolute Gasteiger partial charge is 0.353 e. The molecule has 114 valence electrons. The third-order valence-corrected chi connectivity index (χ3v) is 4.50. The first kappa shape index (κ1) is 15.1. The van der Waals surface area contributed by atoms with Crippen molar-refractivity contribution >= 4 is 22.5 Å². The lowest BCUT2D eigenvalue weighted by atomic mass is 9.98. The molecule has 0 spiro atoms. The number of rotatable bonds is 5. The van der Waals surface area contributed by atoms with Crippen molar-refractivity contribution in [3.8, 4) is 11.3 Å². The molecule has 1 aromatic heterocycles. The average Bonchev–Trinajstić information content (AvgIpc) is 2.88. The molecule has 0 fully saturated rings. The third kappa shape index (κ3) is 2.77. The molecule has 3 heteroatoms. The van der Waals surface area contributed by atoms with E-state index in [-0.39, 0.29) is 0 Å². The van der Waals surface area contributed by atoms with Gasteiger partial charge in [-0.1, -0.05) is 48.0 Å². The molecule has 0 saturated carbocycles. The van der Waals surface area contributed by atoms with Crippen LogP contribution in [0.4, 0.5) is 0 Å². The number of fused-ring (bicyclic) bond motifs is 1. The number of nitrogens with one attached hydrogen (secondary N) is 1. The van der Waals surface area contributed by atoms with Gasteiger partial charge >= 0.3 is 0 Å². The highest BCUT2D eigenvalue weighted by Gasteiger charge is 2.15. The van der Waals surface area contributed by atoms with E-state index < -0.39 is 0 Å². The zero-order valence-electron chi connectivity index (χ0n) is 12.8. The fourth-order valence-corrected chi connectivity index (χ4v) is 3.25. The van der Waals surface area contributed by atoms with Gasteiger partial charge in [-0.2, -0.15) is 0 Å². The monoisotopic (exact) mass is 312 g/mol. The van der Waals surface area contributed by atoms with Crippen LogP contribution in [0.15, 0.2) is 42.5 Å². The molecule has 22 heavy (non-hydrogen) atoms. The van der Waals surface area contributed by atoms with E-state index in [2.05, 4.69) is 42.2 Å². The molecule has 0 aliphatic carbocycles. The van der Waals surface area contributed by atoms with Crippen molar-refractivity contribution in [2.45, 2.75) is 26.2 Å². The molecule has 2 nitrogen and oxygen atoms in total. The van der Waals surface area contributed by atoms with Crippen LogP contribution in [-0.4, -0.2) is 11.5 Å². The summed E-state index contributed by atoms with van der Waals surface area (Å²) in [5, 5.41) is 2.00. The van der Waals surface area contributed by atoms with Crippen LogP contribution >= 0.6 is 11.6 Å². The minimum Gasteiger partial charge on any atom is -0.353 e. The van der Waals surface area contributed by atoms with Crippen molar-refractivity contribution < 1.29 is 0 Å². The summed E-state index contributed by atoms with van der Waals surface area (Å²) in [6.45, 7) is 2.88. The number of nitrogens with two attached hydrogens (primary N) is 1. The van der Waals surface area contributed by atoms with Crippen LogP contribution in [-0.2, 0) is 6.42 Å². The smallest absolute Gasteiger partial charge is 0.0651 e. The molecule has 0 aliphatic heterocycles. The molecule has 0 atom stereocenters. The fraction of sp³-hybridized carbons (Fsp3) is 0.263. The Bertz CT molecular complexity index is 789. The van der Waals surface area contributed by atoms with Gasteiger partial charge in [-0.25, -0.2) is 0 Å². The van der Waals surface area contributed by atoms with Crippen LogP contribution in [0.25, 0.3) is 22.2 Å². The summed E-state index contributed by atoms with van der Waals surface area (Å²) in [6, 6.07) is 14.6. The lowest BCUT2D eigenvalue weighted by Crippen LogP contribution is -1.99. The summed E-state index contributed by atoms with van der Waals surface area (Å²) in [6.07, 6.45) is 3.15. The van der Waals surface area contributed by atoms with Gasteiger partial charge in [-0.15, -0.1) is 0 Å². The standard InChI is InChI=1S/C19H21ClN2/c1-13-7-2-3-8-14(13)18-15(9-4-5-12-21)16-10-6-11-17(20)19(16)22-18/h2-3,6-8,10-11,22H,4-5,9,12,21H2,1H3. The van der Waals surface area contributed by atoms with Gasteiger partial charge in [0.2, 0.25) is 0 Å². The molecule has 3 N–H and O–H groups in total. The van der Waals surface area contributed by atoms with E-state index in [4.69, 9.17) is 17.3 Å². The highest BCUT2D eigenvalue weighted by molar-refractivity contribution is 6.35. The number of hydrogen-bond donors (Lipinski definition) is 2. The maximum atomic E-state index is 6.38. The van der Waals surface area contributed by atoms with Gasteiger partial charge in [0, 0.05) is 16.6 Å². The third-order valence-electron chi connectivity index (χ3n) is 4.19. The first-order valence-electron chi connectivity index (χ1n) is 7.77. The second-order valence-corrected chi connectivity index (χ2v) is 6.11. The lowest BCUT2D eigenvalue weighted by molar-refractivity contribution is 0.748. The van der Waals surface area contributed by atoms with Gasteiger partial charge < -0.3 is 10.7 Å². The van der Waals surface area contributed by atoms with Crippen molar-refractivity contribution in [3.05, 3.63) is 58.6 Å². The Morgan fingerprint density at radius 3 is 2.64 bits per heavy atom. The second kappa shape index (κ2) is 6.55. The molecule has 2 aromatic carbocycles. The quantitative estimate of drug-likeness (QED) is 0.634. The van der Waals surface area contributed by atoms with Gasteiger partial charge in [0.1, 0.15) is 0 Å². The molecule has 0 bridgehead atoms. The molecule has 3 rings (SSSR count). The second-order valence-electron chi connectivity index (χ2n) is 5.70. The Hall–Kier alpha value is -1.77. The molecule has 0 aliphatic rings. The summed E-state index contributed by atoms with van der Waals surface area (Å²) < 4.78 is 0. The summed E-state index contributed by atoms with van der Waals surface area (Å²) in [4.78, 5) is 3.55. The minimum atomic E-state index is 0.739. The van der Waals surface area contributed by atoms with E-state index in [1.807, 2.05) is 12.1 Å². The summed E-state index contributed by atoms with van der Waals surface area (Å²) in [5.74, 6) is 0. The first-order valence-corrected chi connectivity index (χ1v) is 8.15. The zero-order valence-corrected chi connectivity index (χ0v) is 13.6. The van der Waals surface area contributed by atoms with E-state index >= 15 is 0 Å². The van der Waals surface area contributed by atoms with Crippen LogP contribution in [0, 0.1) is 6.92 Å². The number of halogens is 1. The highest BCUT2D eigenvalue weighted by Crippen LogP contribution is 2.35. The van der Waals surface area contributed by atoms with E-state index in [1.54, 1.807) is 0 Å².